The lowest BCUT2D eigenvalue weighted by molar-refractivity contribution is 0.0472. The van der Waals surface area contributed by atoms with Crippen LogP contribution in [0.25, 0.3) is 10.9 Å². The Labute approximate surface area is 165 Å². The van der Waals surface area contributed by atoms with Crippen molar-refractivity contribution >= 4 is 52.0 Å². The van der Waals surface area contributed by atoms with Gasteiger partial charge >= 0.3 is 12.0 Å². The molecular formula is C19H16ClN3O3S. The first-order valence-corrected chi connectivity index (χ1v) is 9.53. The van der Waals surface area contributed by atoms with Gasteiger partial charge in [-0.05, 0) is 42.7 Å². The lowest BCUT2D eigenvalue weighted by Gasteiger charge is -2.09. The van der Waals surface area contributed by atoms with Crippen molar-refractivity contribution in [2.75, 3.05) is 11.6 Å². The summed E-state index contributed by atoms with van der Waals surface area (Å²) in [6.07, 6.45) is 1.99. The number of amides is 2. The zero-order valence-electron chi connectivity index (χ0n) is 14.4. The second kappa shape index (κ2) is 8.28. The van der Waals surface area contributed by atoms with Gasteiger partial charge < -0.3 is 15.8 Å². The number of halogens is 1. The van der Waals surface area contributed by atoms with Crippen LogP contribution in [0.1, 0.15) is 15.9 Å². The highest BCUT2D eigenvalue weighted by atomic mass is 35.5. The predicted molar refractivity (Wildman–Crippen MR) is 107 cm³/mol. The van der Waals surface area contributed by atoms with Crippen LogP contribution in [0.15, 0.2) is 53.4 Å². The van der Waals surface area contributed by atoms with Gasteiger partial charge in [-0.25, -0.2) is 14.6 Å². The second-order valence-electron chi connectivity index (χ2n) is 5.64. The van der Waals surface area contributed by atoms with Crippen molar-refractivity contribution in [3.63, 3.8) is 0 Å². The molecule has 0 spiro atoms. The fraction of sp³-hybridized carbons (Fsp3) is 0.105. The average molecular weight is 402 g/mol. The molecule has 0 radical (unpaired) electrons. The fourth-order valence-corrected chi connectivity index (χ4v) is 3.12. The maximum atomic E-state index is 12.3. The van der Waals surface area contributed by atoms with E-state index in [-0.39, 0.29) is 17.3 Å². The molecule has 138 valence electrons. The molecule has 0 aliphatic rings. The van der Waals surface area contributed by atoms with Gasteiger partial charge in [0, 0.05) is 21.5 Å². The summed E-state index contributed by atoms with van der Waals surface area (Å²) < 4.78 is 5.34. The lowest BCUT2D eigenvalue weighted by Crippen LogP contribution is -2.19. The molecule has 0 aliphatic heterocycles. The molecule has 3 rings (SSSR count). The Balaban J connectivity index is 1.75. The van der Waals surface area contributed by atoms with Gasteiger partial charge in [-0.2, -0.15) is 0 Å². The third kappa shape index (κ3) is 4.69. The van der Waals surface area contributed by atoms with E-state index < -0.39 is 12.0 Å². The molecule has 0 aliphatic carbocycles. The first-order valence-electron chi connectivity index (χ1n) is 7.93. The molecule has 0 fully saturated rings. The molecule has 3 N–H and O–H groups in total. The molecule has 2 aromatic carbocycles. The van der Waals surface area contributed by atoms with E-state index in [0.717, 1.165) is 15.8 Å². The number of nitrogens with zero attached hydrogens (tertiary/aromatic N) is 1. The highest BCUT2D eigenvalue weighted by Crippen LogP contribution is 2.25. The number of nitrogens with two attached hydrogens (primary N) is 1. The highest BCUT2D eigenvalue weighted by molar-refractivity contribution is 7.98. The standard InChI is InChI=1S/C19H16ClN3O3S/c1-27-15-6-5-11-7-13(17(20)23-16(11)9-15)10-26-18(24)12-3-2-4-14(8-12)22-19(21)25/h2-9H,10H2,1H3,(H3,21,22,25). The van der Waals surface area contributed by atoms with Gasteiger partial charge in [0.05, 0.1) is 11.1 Å². The number of thioether (sulfide) groups is 1. The van der Waals surface area contributed by atoms with Crippen LogP contribution >= 0.6 is 23.4 Å². The van der Waals surface area contributed by atoms with E-state index in [1.807, 2.05) is 30.5 Å². The Morgan fingerprint density at radius 1 is 1.22 bits per heavy atom. The maximum absolute atomic E-state index is 12.3. The van der Waals surface area contributed by atoms with Gasteiger partial charge in [-0.3, -0.25) is 0 Å². The van der Waals surface area contributed by atoms with Crippen LogP contribution in [-0.2, 0) is 11.3 Å². The normalized spacial score (nSPS) is 10.6. The van der Waals surface area contributed by atoms with Crippen LogP contribution in [0.2, 0.25) is 5.15 Å². The molecular weight excluding hydrogens is 386 g/mol. The molecule has 1 heterocycles. The summed E-state index contributed by atoms with van der Waals surface area (Å²) in [6, 6.07) is 13.4. The van der Waals surface area contributed by atoms with E-state index in [4.69, 9.17) is 22.1 Å². The zero-order valence-corrected chi connectivity index (χ0v) is 15.9. The van der Waals surface area contributed by atoms with Crippen molar-refractivity contribution in [3.8, 4) is 0 Å². The predicted octanol–water partition coefficient (Wildman–Crippen LogP) is 4.46. The van der Waals surface area contributed by atoms with Crippen molar-refractivity contribution in [2.45, 2.75) is 11.5 Å². The number of esters is 1. The van der Waals surface area contributed by atoms with Crippen LogP contribution in [0.3, 0.4) is 0 Å². The summed E-state index contributed by atoms with van der Waals surface area (Å²) in [4.78, 5) is 28.7. The number of aromatic nitrogens is 1. The number of carbonyl (C=O) groups excluding carboxylic acids is 2. The second-order valence-corrected chi connectivity index (χ2v) is 6.88. The zero-order chi connectivity index (χ0) is 19.4. The number of fused-ring (bicyclic) bond motifs is 1. The Hall–Kier alpha value is -2.77. The van der Waals surface area contributed by atoms with E-state index >= 15 is 0 Å². The number of nitrogens with one attached hydrogen (secondary N) is 1. The van der Waals surface area contributed by atoms with Crippen molar-refractivity contribution in [3.05, 3.63) is 64.8 Å². The Morgan fingerprint density at radius 2 is 2.04 bits per heavy atom. The van der Waals surface area contributed by atoms with Crippen LogP contribution in [-0.4, -0.2) is 23.2 Å². The lowest BCUT2D eigenvalue weighted by atomic mass is 10.1. The molecule has 27 heavy (non-hydrogen) atoms. The number of hydrogen-bond donors (Lipinski definition) is 2. The quantitative estimate of drug-likeness (QED) is 0.374. The summed E-state index contributed by atoms with van der Waals surface area (Å²) in [5.41, 5.74) is 7.17. The number of carbonyl (C=O) groups is 2. The van der Waals surface area contributed by atoms with Gasteiger partial charge in [0.2, 0.25) is 0 Å². The van der Waals surface area contributed by atoms with Crippen LogP contribution < -0.4 is 11.1 Å². The number of hydrogen-bond acceptors (Lipinski definition) is 5. The van der Waals surface area contributed by atoms with E-state index in [1.54, 1.807) is 30.0 Å². The monoisotopic (exact) mass is 401 g/mol. The molecule has 2 amide bonds. The molecule has 0 bridgehead atoms. The van der Waals surface area contributed by atoms with E-state index in [0.29, 0.717) is 11.3 Å². The topological polar surface area (TPSA) is 94.3 Å². The largest absolute Gasteiger partial charge is 0.457 e. The van der Waals surface area contributed by atoms with E-state index in [1.165, 1.54) is 6.07 Å². The summed E-state index contributed by atoms with van der Waals surface area (Å²) in [7, 11) is 0. The Kier molecular flexibility index (Phi) is 5.83. The van der Waals surface area contributed by atoms with Crippen molar-refractivity contribution in [1.82, 2.24) is 4.98 Å². The van der Waals surface area contributed by atoms with Crippen LogP contribution in [0.5, 0.6) is 0 Å². The summed E-state index contributed by atoms with van der Waals surface area (Å²) in [5.74, 6) is -0.544. The molecule has 0 saturated carbocycles. The smallest absolute Gasteiger partial charge is 0.338 e. The maximum Gasteiger partial charge on any atom is 0.338 e. The fourth-order valence-electron chi connectivity index (χ4n) is 2.49. The third-order valence-corrected chi connectivity index (χ3v) is 4.83. The number of rotatable bonds is 5. The van der Waals surface area contributed by atoms with Crippen molar-refractivity contribution < 1.29 is 14.3 Å². The van der Waals surface area contributed by atoms with E-state index in [2.05, 4.69) is 10.3 Å². The molecule has 0 saturated heterocycles. The van der Waals surface area contributed by atoms with Crippen LogP contribution in [0, 0.1) is 0 Å². The molecule has 3 aromatic rings. The summed E-state index contributed by atoms with van der Waals surface area (Å²) >= 11 is 7.86. The number of pyridine rings is 1. The minimum atomic E-state index is -0.709. The first-order chi connectivity index (χ1) is 13.0. The van der Waals surface area contributed by atoms with Crippen molar-refractivity contribution in [2.24, 2.45) is 5.73 Å². The van der Waals surface area contributed by atoms with E-state index in [9.17, 15) is 9.59 Å². The molecule has 6 nitrogen and oxygen atoms in total. The summed E-state index contributed by atoms with van der Waals surface area (Å²) in [5, 5.41) is 3.61. The van der Waals surface area contributed by atoms with Crippen LogP contribution in [0.4, 0.5) is 10.5 Å². The molecule has 1 aromatic heterocycles. The number of benzene rings is 2. The average Bonchev–Trinajstić information content (AvgIpc) is 2.65. The SMILES string of the molecule is CSc1ccc2cc(COC(=O)c3cccc(NC(N)=O)c3)c(Cl)nc2c1. The molecule has 0 unspecified atom stereocenters. The number of urea groups is 1. The number of ether oxygens (including phenoxy) is 1. The van der Waals surface area contributed by atoms with Gasteiger partial charge in [0.15, 0.2) is 0 Å². The third-order valence-electron chi connectivity index (χ3n) is 3.78. The van der Waals surface area contributed by atoms with Crippen molar-refractivity contribution in [1.29, 1.82) is 0 Å². The molecule has 8 heteroatoms. The molecule has 0 atom stereocenters. The Morgan fingerprint density at radius 3 is 2.78 bits per heavy atom. The van der Waals surface area contributed by atoms with Gasteiger partial charge in [0.1, 0.15) is 11.8 Å². The number of anilines is 1. The summed E-state index contributed by atoms with van der Waals surface area (Å²) in [6.45, 7) is -0.0155. The minimum Gasteiger partial charge on any atom is -0.457 e. The van der Waals surface area contributed by atoms with Gasteiger partial charge in [-0.1, -0.05) is 23.7 Å². The number of primary amides is 1. The minimum absolute atomic E-state index is 0.0155. The Bertz CT molecular complexity index is 1030. The highest BCUT2D eigenvalue weighted by Gasteiger charge is 2.12. The van der Waals surface area contributed by atoms with Gasteiger partial charge in [-0.15, -0.1) is 11.8 Å². The first kappa shape index (κ1) is 19.0. The van der Waals surface area contributed by atoms with Gasteiger partial charge in [0.25, 0.3) is 0 Å².